The van der Waals surface area contributed by atoms with Gasteiger partial charge in [-0.25, -0.2) is 0 Å². The van der Waals surface area contributed by atoms with Crippen LogP contribution in [-0.2, 0) is 4.74 Å². The Labute approximate surface area is 84.0 Å². The fraction of sp³-hybridized carbons (Fsp3) is 1.00. The van der Waals surface area contributed by atoms with E-state index >= 15 is 0 Å². The van der Waals surface area contributed by atoms with E-state index in [9.17, 15) is 0 Å². The van der Waals surface area contributed by atoms with Crippen LogP contribution in [-0.4, -0.2) is 17.5 Å². The van der Waals surface area contributed by atoms with Crippen molar-refractivity contribution in [1.29, 1.82) is 0 Å². The van der Waals surface area contributed by atoms with Gasteiger partial charge < -0.3 is 4.74 Å². The number of ether oxygens (including phenoxy) is 1. The normalized spacial score (nSPS) is 33.0. The summed E-state index contributed by atoms with van der Waals surface area (Å²) < 4.78 is 5.72. The Morgan fingerprint density at radius 2 is 1.92 bits per heavy atom. The largest absolute Gasteiger partial charge is 0.378 e. The Kier molecular flexibility index (Phi) is 3.59. The van der Waals surface area contributed by atoms with Crippen LogP contribution in [0, 0.1) is 5.41 Å². The van der Waals surface area contributed by atoms with E-state index in [0.29, 0.717) is 16.3 Å². The van der Waals surface area contributed by atoms with Gasteiger partial charge in [-0.1, -0.05) is 29.8 Å². The lowest BCUT2D eigenvalue weighted by molar-refractivity contribution is -0.104. The summed E-state index contributed by atoms with van der Waals surface area (Å²) in [6.45, 7) is 7.47. The van der Waals surface area contributed by atoms with Gasteiger partial charge in [0.1, 0.15) is 0 Å². The summed E-state index contributed by atoms with van der Waals surface area (Å²) in [6, 6.07) is 0. The molecule has 0 N–H and O–H groups in total. The third-order valence-electron chi connectivity index (χ3n) is 3.37. The number of halogens is 1. The van der Waals surface area contributed by atoms with Crippen LogP contribution in [0.2, 0.25) is 0 Å². The highest BCUT2D eigenvalue weighted by Crippen LogP contribution is 2.52. The molecule has 1 aliphatic rings. The van der Waals surface area contributed by atoms with Gasteiger partial charge in [0.15, 0.2) is 0 Å². The molecule has 0 spiro atoms. The maximum absolute atomic E-state index is 5.72. The molecule has 0 bridgehead atoms. The average Bonchev–Trinajstić information content (AvgIpc) is 2.07. The van der Waals surface area contributed by atoms with Gasteiger partial charge in [0.2, 0.25) is 0 Å². The first kappa shape index (κ1) is 10.5. The molecule has 0 aromatic heterocycles. The minimum Gasteiger partial charge on any atom is -0.378 e. The lowest BCUT2D eigenvalue weighted by atomic mass is 9.62. The third kappa shape index (κ3) is 1.44. The first-order valence-electron chi connectivity index (χ1n) is 4.96. The van der Waals surface area contributed by atoms with Crippen LogP contribution in [0.5, 0.6) is 0 Å². The SMILES string of the molecule is CCOC1CC(Br)C1(CC)CC. The summed E-state index contributed by atoms with van der Waals surface area (Å²) in [5.41, 5.74) is 0.427. The standard InChI is InChI=1S/C10H19BrO/c1-4-10(5-2)8(11)7-9(10)12-6-3/h8-9H,4-7H2,1-3H3. The summed E-state index contributed by atoms with van der Waals surface area (Å²) in [6.07, 6.45) is 4.14. The lowest BCUT2D eigenvalue weighted by Crippen LogP contribution is -2.54. The molecule has 0 aromatic rings. The van der Waals surface area contributed by atoms with E-state index in [0.717, 1.165) is 6.61 Å². The molecule has 12 heavy (non-hydrogen) atoms. The smallest absolute Gasteiger partial charge is 0.0652 e. The minimum atomic E-state index is 0.427. The predicted molar refractivity (Wildman–Crippen MR) is 55.8 cm³/mol. The molecule has 1 nitrogen and oxygen atoms in total. The monoisotopic (exact) mass is 234 g/mol. The minimum absolute atomic E-state index is 0.427. The summed E-state index contributed by atoms with van der Waals surface area (Å²) in [5.74, 6) is 0. The van der Waals surface area contributed by atoms with E-state index in [2.05, 4.69) is 36.7 Å². The van der Waals surface area contributed by atoms with Crippen molar-refractivity contribution >= 4 is 15.9 Å². The van der Waals surface area contributed by atoms with Gasteiger partial charge in [0, 0.05) is 16.8 Å². The molecule has 72 valence electrons. The molecule has 2 heteroatoms. The molecule has 0 amide bonds. The highest BCUT2D eigenvalue weighted by atomic mass is 79.9. The van der Waals surface area contributed by atoms with Gasteiger partial charge in [0.05, 0.1) is 6.10 Å². The van der Waals surface area contributed by atoms with Crippen molar-refractivity contribution in [2.45, 2.75) is 51.0 Å². The molecule has 2 unspecified atom stereocenters. The number of hydrogen-bond donors (Lipinski definition) is 0. The Morgan fingerprint density at radius 3 is 2.25 bits per heavy atom. The Morgan fingerprint density at radius 1 is 1.33 bits per heavy atom. The van der Waals surface area contributed by atoms with Gasteiger partial charge in [-0.05, 0) is 26.2 Å². The van der Waals surface area contributed by atoms with Crippen molar-refractivity contribution in [3.05, 3.63) is 0 Å². The quantitative estimate of drug-likeness (QED) is 0.679. The van der Waals surface area contributed by atoms with Crippen LogP contribution >= 0.6 is 15.9 Å². The molecular weight excluding hydrogens is 216 g/mol. The molecule has 1 aliphatic carbocycles. The van der Waals surface area contributed by atoms with Gasteiger partial charge in [-0.15, -0.1) is 0 Å². The zero-order valence-corrected chi connectivity index (χ0v) is 9.86. The Bertz CT molecular complexity index is 141. The highest BCUT2D eigenvalue weighted by molar-refractivity contribution is 9.09. The van der Waals surface area contributed by atoms with Crippen LogP contribution in [0.1, 0.15) is 40.0 Å². The molecule has 0 heterocycles. The van der Waals surface area contributed by atoms with Crippen LogP contribution in [0.15, 0.2) is 0 Å². The van der Waals surface area contributed by atoms with Crippen molar-refractivity contribution in [3.63, 3.8) is 0 Å². The predicted octanol–water partition coefficient (Wildman–Crippen LogP) is 3.37. The van der Waals surface area contributed by atoms with Gasteiger partial charge in [0.25, 0.3) is 0 Å². The zero-order valence-electron chi connectivity index (χ0n) is 8.27. The Balaban J connectivity index is 2.56. The van der Waals surface area contributed by atoms with Crippen LogP contribution in [0.4, 0.5) is 0 Å². The van der Waals surface area contributed by atoms with E-state index in [1.807, 2.05) is 0 Å². The molecule has 2 atom stereocenters. The topological polar surface area (TPSA) is 9.23 Å². The van der Waals surface area contributed by atoms with E-state index in [-0.39, 0.29) is 0 Å². The van der Waals surface area contributed by atoms with Crippen molar-refractivity contribution in [3.8, 4) is 0 Å². The van der Waals surface area contributed by atoms with Gasteiger partial charge in [-0.2, -0.15) is 0 Å². The van der Waals surface area contributed by atoms with E-state index < -0.39 is 0 Å². The van der Waals surface area contributed by atoms with Crippen molar-refractivity contribution in [1.82, 2.24) is 0 Å². The summed E-state index contributed by atoms with van der Waals surface area (Å²) in [5, 5.41) is 0. The fourth-order valence-corrected chi connectivity index (χ4v) is 3.56. The third-order valence-corrected chi connectivity index (χ3v) is 4.66. The first-order chi connectivity index (χ1) is 5.71. The summed E-state index contributed by atoms with van der Waals surface area (Å²) in [4.78, 5) is 0.677. The van der Waals surface area contributed by atoms with Crippen LogP contribution < -0.4 is 0 Å². The van der Waals surface area contributed by atoms with Gasteiger partial charge in [-0.3, -0.25) is 0 Å². The van der Waals surface area contributed by atoms with Crippen LogP contribution in [0.3, 0.4) is 0 Å². The molecule has 0 radical (unpaired) electrons. The molecular formula is C10H19BrO. The average molecular weight is 235 g/mol. The maximum Gasteiger partial charge on any atom is 0.0652 e. The van der Waals surface area contributed by atoms with Crippen molar-refractivity contribution in [2.24, 2.45) is 5.41 Å². The molecule has 1 saturated carbocycles. The maximum atomic E-state index is 5.72. The molecule has 0 aromatic carbocycles. The lowest BCUT2D eigenvalue weighted by Gasteiger charge is -2.53. The molecule has 1 rings (SSSR count). The highest BCUT2D eigenvalue weighted by Gasteiger charge is 2.51. The molecule has 1 fully saturated rings. The van der Waals surface area contributed by atoms with Crippen molar-refractivity contribution < 1.29 is 4.74 Å². The van der Waals surface area contributed by atoms with Crippen molar-refractivity contribution in [2.75, 3.05) is 6.61 Å². The molecule has 0 aliphatic heterocycles. The van der Waals surface area contributed by atoms with E-state index in [1.165, 1.54) is 19.3 Å². The van der Waals surface area contributed by atoms with Gasteiger partial charge >= 0.3 is 0 Å². The number of alkyl halides is 1. The second-order valence-electron chi connectivity index (χ2n) is 3.59. The van der Waals surface area contributed by atoms with Crippen LogP contribution in [0.25, 0.3) is 0 Å². The zero-order chi connectivity index (χ0) is 9.19. The summed E-state index contributed by atoms with van der Waals surface area (Å²) >= 11 is 3.73. The van der Waals surface area contributed by atoms with E-state index in [1.54, 1.807) is 0 Å². The summed E-state index contributed by atoms with van der Waals surface area (Å²) in [7, 11) is 0. The second-order valence-corrected chi connectivity index (χ2v) is 4.69. The second kappa shape index (κ2) is 4.10. The number of rotatable bonds is 4. The fourth-order valence-electron chi connectivity index (χ4n) is 2.28. The Hall–Kier alpha value is 0.440. The first-order valence-corrected chi connectivity index (χ1v) is 5.88. The molecule has 0 saturated heterocycles. The van der Waals surface area contributed by atoms with E-state index in [4.69, 9.17) is 4.74 Å². The number of hydrogen-bond acceptors (Lipinski definition) is 1.